The minimum atomic E-state index is -0.501. The first-order chi connectivity index (χ1) is 15.5. The van der Waals surface area contributed by atoms with Gasteiger partial charge >= 0.3 is 0 Å². The van der Waals surface area contributed by atoms with Crippen LogP contribution in [0.25, 0.3) is 16.7 Å². The van der Waals surface area contributed by atoms with Crippen molar-refractivity contribution in [3.63, 3.8) is 0 Å². The molecule has 8 heteroatoms. The number of aryl methyl sites for hydroxylation is 1. The Morgan fingerprint density at radius 1 is 1.19 bits per heavy atom. The van der Waals surface area contributed by atoms with Gasteiger partial charge in [0.2, 0.25) is 0 Å². The molecule has 0 atom stereocenters. The Hall–Kier alpha value is -3.76. The number of rotatable bonds is 5. The van der Waals surface area contributed by atoms with Gasteiger partial charge < -0.3 is 4.57 Å². The molecular formula is C24H20ClN5O2. The van der Waals surface area contributed by atoms with E-state index >= 15 is 0 Å². The van der Waals surface area contributed by atoms with Crippen molar-refractivity contribution >= 4 is 34.2 Å². The van der Waals surface area contributed by atoms with Crippen molar-refractivity contribution in [2.24, 2.45) is 4.99 Å². The predicted octanol–water partition coefficient (Wildman–Crippen LogP) is 4.11. The van der Waals surface area contributed by atoms with Gasteiger partial charge in [-0.3, -0.25) is 14.0 Å². The van der Waals surface area contributed by atoms with E-state index in [0.717, 1.165) is 19.3 Å². The highest BCUT2D eigenvalue weighted by atomic mass is 35.5. The van der Waals surface area contributed by atoms with Crippen molar-refractivity contribution in [2.45, 2.75) is 32.7 Å². The third-order valence-corrected chi connectivity index (χ3v) is 5.45. The van der Waals surface area contributed by atoms with Gasteiger partial charge in [0.25, 0.3) is 11.5 Å². The second kappa shape index (κ2) is 9.16. The monoisotopic (exact) mass is 445 g/mol. The lowest BCUT2D eigenvalue weighted by Crippen LogP contribution is -2.29. The fourth-order valence-corrected chi connectivity index (χ4v) is 3.69. The van der Waals surface area contributed by atoms with Crippen LogP contribution in [0.1, 0.15) is 42.1 Å². The molecule has 1 aromatic carbocycles. The summed E-state index contributed by atoms with van der Waals surface area (Å²) in [4.78, 5) is 34.9. The van der Waals surface area contributed by atoms with Crippen LogP contribution in [-0.2, 0) is 6.54 Å². The minimum Gasteiger partial charge on any atom is -0.309 e. The number of hydrogen-bond acceptors (Lipinski definition) is 4. The zero-order valence-electron chi connectivity index (χ0n) is 17.5. The van der Waals surface area contributed by atoms with E-state index in [0.29, 0.717) is 33.8 Å². The Morgan fingerprint density at radius 3 is 2.69 bits per heavy atom. The number of unbranched alkanes of at least 4 members (excludes halogenated alkanes) is 2. The van der Waals surface area contributed by atoms with E-state index in [4.69, 9.17) is 11.6 Å². The molecule has 4 aromatic rings. The standard InChI is InChI=1S/C24H20ClN5O2/c1-2-3-5-13-30-21(28-23(31)16-8-10-18(25)11-9-16)17(15-26)14-19-22(30)27-20-7-4-6-12-29(20)24(19)32/h4,6-12,14H,2-3,5,13H2,1H3. The minimum absolute atomic E-state index is 0.145. The zero-order valence-corrected chi connectivity index (χ0v) is 18.2. The highest BCUT2D eigenvalue weighted by Crippen LogP contribution is 2.13. The number of fused-ring (bicyclic) bond motifs is 2. The lowest BCUT2D eigenvalue weighted by molar-refractivity contribution is 0.0997. The van der Waals surface area contributed by atoms with Gasteiger partial charge in [0.05, 0.1) is 10.9 Å². The van der Waals surface area contributed by atoms with Crippen LogP contribution in [0.15, 0.2) is 64.5 Å². The Balaban J connectivity index is 2.04. The highest BCUT2D eigenvalue weighted by Gasteiger charge is 2.15. The normalized spacial score (nSPS) is 11.7. The molecule has 0 N–H and O–H groups in total. The van der Waals surface area contributed by atoms with E-state index in [2.05, 4.69) is 23.0 Å². The number of hydrogen-bond donors (Lipinski definition) is 0. The smallest absolute Gasteiger partial charge is 0.278 e. The Bertz CT molecular complexity index is 1490. The Labute approximate surface area is 188 Å². The van der Waals surface area contributed by atoms with Crippen molar-refractivity contribution in [3.05, 3.63) is 86.7 Å². The van der Waals surface area contributed by atoms with Crippen LogP contribution in [0.2, 0.25) is 5.02 Å². The van der Waals surface area contributed by atoms with E-state index in [1.807, 2.05) is 0 Å². The predicted molar refractivity (Wildman–Crippen MR) is 123 cm³/mol. The quantitative estimate of drug-likeness (QED) is 0.341. The molecule has 0 bridgehead atoms. The number of aromatic nitrogens is 3. The molecule has 0 spiro atoms. The first-order valence-electron chi connectivity index (χ1n) is 10.3. The molecule has 0 aliphatic carbocycles. The molecule has 0 radical (unpaired) electrons. The first-order valence-corrected chi connectivity index (χ1v) is 10.7. The Kier molecular flexibility index (Phi) is 6.15. The average molecular weight is 446 g/mol. The summed E-state index contributed by atoms with van der Waals surface area (Å²) in [6, 6.07) is 15.2. The van der Waals surface area contributed by atoms with Crippen molar-refractivity contribution in [2.75, 3.05) is 0 Å². The van der Waals surface area contributed by atoms with Gasteiger partial charge in [0.1, 0.15) is 17.4 Å². The van der Waals surface area contributed by atoms with Crippen molar-refractivity contribution < 1.29 is 4.79 Å². The highest BCUT2D eigenvalue weighted by molar-refractivity contribution is 6.30. The van der Waals surface area contributed by atoms with E-state index < -0.39 is 5.91 Å². The molecule has 0 saturated heterocycles. The summed E-state index contributed by atoms with van der Waals surface area (Å²) in [5.41, 5.74) is 1.30. The zero-order chi connectivity index (χ0) is 22.7. The second-order valence-electron chi connectivity index (χ2n) is 7.36. The van der Waals surface area contributed by atoms with Crippen molar-refractivity contribution in [1.82, 2.24) is 14.0 Å². The van der Waals surface area contributed by atoms with Crippen LogP contribution in [-0.4, -0.2) is 19.9 Å². The summed E-state index contributed by atoms with van der Waals surface area (Å²) in [5, 5.41) is 10.6. The van der Waals surface area contributed by atoms with E-state index in [9.17, 15) is 14.9 Å². The number of amides is 1. The number of nitrogens with zero attached hydrogens (tertiary/aromatic N) is 5. The SMILES string of the molecule is CCCCCn1c(=NC(=O)c2ccc(Cl)cc2)c(C#N)cc2c(=O)n3ccccc3nc21. The summed E-state index contributed by atoms with van der Waals surface area (Å²) >= 11 is 5.92. The fraction of sp³-hybridized carbons (Fsp3) is 0.208. The van der Waals surface area contributed by atoms with Crippen LogP contribution in [0.3, 0.4) is 0 Å². The molecular weight excluding hydrogens is 426 g/mol. The molecule has 0 aliphatic heterocycles. The van der Waals surface area contributed by atoms with Gasteiger partial charge in [-0.2, -0.15) is 10.3 Å². The summed E-state index contributed by atoms with van der Waals surface area (Å²) in [7, 11) is 0. The van der Waals surface area contributed by atoms with Gasteiger partial charge in [0.15, 0.2) is 5.49 Å². The summed E-state index contributed by atoms with van der Waals surface area (Å²) in [6.07, 6.45) is 4.37. The topological polar surface area (TPSA) is 92.5 Å². The lowest BCUT2D eigenvalue weighted by Gasteiger charge is -2.13. The van der Waals surface area contributed by atoms with Gasteiger partial charge in [-0.25, -0.2) is 4.98 Å². The maximum absolute atomic E-state index is 13.1. The molecule has 0 aliphatic rings. The van der Waals surface area contributed by atoms with Gasteiger partial charge in [-0.1, -0.05) is 37.4 Å². The van der Waals surface area contributed by atoms with E-state index in [1.54, 1.807) is 53.2 Å². The first kappa shape index (κ1) is 21.5. The molecule has 3 heterocycles. The molecule has 4 rings (SSSR count). The van der Waals surface area contributed by atoms with Crippen molar-refractivity contribution in [3.8, 4) is 6.07 Å². The van der Waals surface area contributed by atoms with Gasteiger partial charge in [-0.05, 0) is 48.9 Å². The average Bonchev–Trinajstić information content (AvgIpc) is 2.81. The Morgan fingerprint density at radius 2 is 1.97 bits per heavy atom. The number of pyridine rings is 2. The number of carbonyl (C=O) groups excluding carboxylic acids is 1. The van der Waals surface area contributed by atoms with Crippen LogP contribution < -0.4 is 11.0 Å². The van der Waals surface area contributed by atoms with E-state index in [-0.39, 0.29) is 16.6 Å². The second-order valence-corrected chi connectivity index (χ2v) is 7.80. The summed E-state index contributed by atoms with van der Waals surface area (Å²) < 4.78 is 3.15. The molecule has 0 saturated carbocycles. The molecule has 3 aromatic heterocycles. The van der Waals surface area contributed by atoms with Crippen LogP contribution in [0, 0.1) is 11.3 Å². The third-order valence-electron chi connectivity index (χ3n) is 5.19. The number of carbonyl (C=O) groups is 1. The van der Waals surface area contributed by atoms with E-state index in [1.165, 1.54) is 10.5 Å². The maximum atomic E-state index is 13.1. The lowest BCUT2D eigenvalue weighted by atomic mass is 10.2. The van der Waals surface area contributed by atoms with Gasteiger partial charge in [0, 0.05) is 23.3 Å². The maximum Gasteiger partial charge on any atom is 0.278 e. The molecule has 0 unspecified atom stereocenters. The summed E-state index contributed by atoms with van der Waals surface area (Å²) in [6.45, 7) is 2.56. The van der Waals surface area contributed by atoms with Crippen molar-refractivity contribution in [1.29, 1.82) is 5.26 Å². The molecule has 0 fully saturated rings. The van der Waals surface area contributed by atoms with Crippen LogP contribution in [0.4, 0.5) is 0 Å². The largest absolute Gasteiger partial charge is 0.309 e. The van der Waals surface area contributed by atoms with Gasteiger partial charge in [-0.15, -0.1) is 0 Å². The molecule has 32 heavy (non-hydrogen) atoms. The molecule has 160 valence electrons. The third kappa shape index (κ3) is 4.05. The van der Waals surface area contributed by atoms with Crippen LogP contribution in [0.5, 0.6) is 0 Å². The number of nitriles is 1. The molecule has 1 amide bonds. The number of benzene rings is 1. The number of halogens is 1. The molecule has 7 nitrogen and oxygen atoms in total. The fourth-order valence-electron chi connectivity index (χ4n) is 3.57. The summed E-state index contributed by atoms with van der Waals surface area (Å²) in [5.74, 6) is -0.501. The van der Waals surface area contributed by atoms with Crippen LogP contribution >= 0.6 is 11.6 Å².